The third-order valence-electron chi connectivity index (χ3n) is 5.33. The molecule has 3 atom stereocenters. The number of likely N-dealkylation sites (N-methyl/N-ethyl adjacent to an activating group) is 2. The van der Waals surface area contributed by atoms with Crippen LogP contribution in [0.25, 0.3) is 0 Å². The number of hydrogen-bond acceptors (Lipinski definition) is 6. The monoisotopic (exact) mass is 293 g/mol. The van der Waals surface area contributed by atoms with Gasteiger partial charge in [-0.15, -0.1) is 0 Å². The predicted octanol–water partition coefficient (Wildman–Crippen LogP) is 1.15. The third-order valence-corrected chi connectivity index (χ3v) is 5.33. The molecule has 0 amide bonds. The molecular formula is C15H27N5O. The second kappa shape index (κ2) is 5.66. The summed E-state index contributed by atoms with van der Waals surface area (Å²) < 4.78 is 5.61. The van der Waals surface area contributed by atoms with E-state index in [1.54, 1.807) is 0 Å². The highest BCUT2D eigenvalue weighted by Gasteiger charge is 2.43. The molecule has 1 saturated carbocycles. The van der Waals surface area contributed by atoms with Crippen LogP contribution >= 0.6 is 0 Å². The Morgan fingerprint density at radius 2 is 2.10 bits per heavy atom. The van der Waals surface area contributed by atoms with Crippen LogP contribution in [0.3, 0.4) is 0 Å². The first-order valence-electron chi connectivity index (χ1n) is 7.99. The van der Waals surface area contributed by atoms with Crippen LogP contribution in [0, 0.1) is 0 Å². The number of nitrogens with zero attached hydrogens (tertiary/aromatic N) is 4. The lowest BCUT2D eigenvalue weighted by molar-refractivity contribution is 0.213. The maximum absolute atomic E-state index is 6.26. The van der Waals surface area contributed by atoms with E-state index in [0.29, 0.717) is 0 Å². The minimum atomic E-state index is -0.152. The van der Waals surface area contributed by atoms with Crippen molar-refractivity contribution in [3.05, 3.63) is 11.7 Å². The Labute approximate surface area is 126 Å². The van der Waals surface area contributed by atoms with Gasteiger partial charge < -0.3 is 15.2 Å². The van der Waals surface area contributed by atoms with Crippen molar-refractivity contribution < 1.29 is 4.52 Å². The molecule has 0 aromatic carbocycles. The molecular weight excluding hydrogens is 266 g/mol. The SMILES string of the molecule is CN1CCCN(C)C(c2noc(C3(C)CCCC3N)n2)C1. The fourth-order valence-electron chi connectivity index (χ4n) is 3.61. The molecule has 2 aliphatic rings. The zero-order chi connectivity index (χ0) is 15.0. The fourth-order valence-corrected chi connectivity index (χ4v) is 3.61. The first kappa shape index (κ1) is 14.9. The van der Waals surface area contributed by atoms with Gasteiger partial charge in [0.05, 0.1) is 11.5 Å². The molecule has 3 unspecified atom stereocenters. The van der Waals surface area contributed by atoms with Crippen LogP contribution in [0.2, 0.25) is 0 Å². The first-order chi connectivity index (χ1) is 10.0. The lowest BCUT2D eigenvalue weighted by Gasteiger charge is -2.25. The van der Waals surface area contributed by atoms with E-state index in [2.05, 4.69) is 36.0 Å². The summed E-state index contributed by atoms with van der Waals surface area (Å²) in [5, 5.41) is 4.28. The van der Waals surface area contributed by atoms with Gasteiger partial charge in [-0.25, -0.2) is 0 Å². The summed E-state index contributed by atoms with van der Waals surface area (Å²) in [6.45, 7) is 5.28. The average Bonchev–Trinajstić information content (AvgIpc) is 3.01. The molecule has 6 nitrogen and oxygen atoms in total. The highest BCUT2D eigenvalue weighted by atomic mass is 16.5. The summed E-state index contributed by atoms with van der Waals surface area (Å²) in [6, 6.07) is 0.330. The van der Waals surface area contributed by atoms with Gasteiger partial charge >= 0.3 is 0 Å². The molecule has 1 saturated heterocycles. The summed E-state index contributed by atoms with van der Waals surface area (Å²) in [4.78, 5) is 9.41. The molecule has 6 heteroatoms. The molecule has 1 aliphatic heterocycles. The summed E-state index contributed by atoms with van der Waals surface area (Å²) in [6.07, 6.45) is 4.40. The molecule has 0 radical (unpaired) electrons. The lowest BCUT2D eigenvalue weighted by Crippen LogP contribution is -2.38. The summed E-state index contributed by atoms with van der Waals surface area (Å²) >= 11 is 0. The van der Waals surface area contributed by atoms with Crippen molar-refractivity contribution in [1.29, 1.82) is 0 Å². The fraction of sp³-hybridized carbons (Fsp3) is 0.867. The maximum atomic E-state index is 6.26. The van der Waals surface area contributed by atoms with Crippen LogP contribution in [0.1, 0.15) is 50.4 Å². The molecule has 2 heterocycles. The lowest BCUT2D eigenvalue weighted by atomic mass is 9.85. The Kier molecular flexibility index (Phi) is 4.03. The molecule has 21 heavy (non-hydrogen) atoms. The largest absolute Gasteiger partial charge is 0.339 e. The highest BCUT2D eigenvalue weighted by Crippen LogP contribution is 2.39. The van der Waals surface area contributed by atoms with Gasteiger partial charge in [0.25, 0.3) is 0 Å². The normalized spacial score (nSPS) is 36.0. The van der Waals surface area contributed by atoms with E-state index in [4.69, 9.17) is 15.2 Å². The Hall–Kier alpha value is -0.980. The second-order valence-corrected chi connectivity index (χ2v) is 6.99. The van der Waals surface area contributed by atoms with Crippen molar-refractivity contribution >= 4 is 0 Å². The molecule has 1 aromatic heterocycles. The van der Waals surface area contributed by atoms with Crippen LogP contribution in [0.15, 0.2) is 4.52 Å². The number of nitrogens with two attached hydrogens (primary N) is 1. The second-order valence-electron chi connectivity index (χ2n) is 6.99. The van der Waals surface area contributed by atoms with E-state index >= 15 is 0 Å². The van der Waals surface area contributed by atoms with Gasteiger partial charge in [0, 0.05) is 12.6 Å². The quantitative estimate of drug-likeness (QED) is 0.882. The standard InChI is InChI=1S/C15H27N5O/c1-15(7-4-6-12(15)16)14-17-13(18-21-14)11-10-19(2)8-5-9-20(11)3/h11-12H,4-10,16H2,1-3H3. The summed E-state index contributed by atoms with van der Waals surface area (Å²) in [5.74, 6) is 1.53. The van der Waals surface area contributed by atoms with Crippen LogP contribution in [-0.2, 0) is 5.41 Å². The molecule has 0 bridgehead atoms. The van der Waals surface area contributed by atoms with Crippen molar-refractivity contribution in [3.8, 4) is 0 Å². The van der Waals surface area contributed by atoms with Crippen LogP contribution < -0.4 is 5.73 Å². The van der Waals surface area contributed by atoms with E-state index < -0.39 is 0 Å². The Balaban J connectivity index is 1.83. The molecule has 3 rings (SSSR count). The summed E-state index contributed by atoms with van der Waals surface area (Å²) in [5.41, 5.74) is 6.11. The molecule has 118 valence electrons. The van der Waals surface area contributed by atoms with E-state index in [-0.39, 0.29) is 17.5 Å². The van der Waals surface area contributed by atoms with Crippen molar-refractivity contribution in [2.45, 2.75) is 50.1 Å². The smallest absolute Gasteiger partial charge is 0.234 e. The maximum Gasteiger partial charge on any atom is 0.234 e. The van der Waals surface area contributed by atoms with Crippen molar-refractivity contribution in [1.82, 2.24) is 19.9 Å². The minimum Gasteiger partial charge on any atom is -0.339 e. The number of aromatic nitrogens is 2. The van der Waals surface area contributed by atoms with Gasteiger partial charge in [-0.2, -0.15) is 4.98 Å². The van der Waals surface area contributed by atoms with Crippen LogP contribution in [0.5, 0.6) is 0 Å². The van der Waals surface area contributed by atoms with Gasteiger partial charge in [0.2, 0.25) is 5.89 Å². The predicted molar refractivity (Wildman–Crippen MR) is 81.0 cm³/mol. The molecule has 0 spiro atoms. The van der Waals surface area contributed by atoms with Crippen LogP contribution in [-0.4, -0.2) is 59.7 Å². The average molecular weight is 293 g/mol. The van der Waals surface area contributed by atoms with E-state index in [1.807, 2.05) is 0 Å². The third kappa shape index (κ3) is 2.72. The number of hydrogen-bond donors (Lipinski definition) is 1. The Morgan fingerprint density at radius 3 is 2.81 bits per heavy atom. The highest BCUT2D eigenvalue weighted by molar-refractivity contribution is 5.13. The number of rotatable bonds is 2. The molecule has 2 fully saturated rings. The zero-order valence-corrected chi connectivity index (χ0v) is 13.4. The van der Waals surface area contributed by atoms with Gasteiger partial charge in [0.1, 0.15) is 0 Å². The first-order valence-corrected chi connectivity index (χ1v) is 7.99. The van der Waals surface area contributed by atoms with Crippen molar-refractivity contribution in [2.24, 2.45) is 5.73 Å². The van der Waals surface area contributed by atoms with Crippen molar-refractivity contribution in [3.63, 3.8) is 0 Å². The van der Waals surface area contributed by atoms with E-state index in [0.717, 1.165) is 50.6 Å². The van der Waals surface area contributed by atoms with Crippen molar-refractivity contribution in [2.75, 3.05) is 33.7 Å². The van der Waals surface area contributed by atoms with E-state index in [1.165, 1.54) is 6.42 Å². The van der Waals surface area contributed by atoms with Gasteiger partial charge in [-0.05, 0) is 53.4 Å². The Bertz CT molecular complexity index is 490. The van der Waals surface area contributed by atoms with E-state index in [9.17, 15) is 0 Å². The Morgan fingerprint density at radius 1 is 1.29 bits per heavy atom. The molecule has 1 aromatic rings. The topological polar surface area (TPSA) is 71.4 Å². The summed E-state index contributed by atoms with van der Waals surface area (Å²) in [7, 11) is 4.30. The van der Waals surface area contributed by atoms with Gasteiger partial charge in [0.15, 0.2) is 5.82 Å². The van der Waals surface area contributed by atoms with Crippen LogP contribution in [0.4, 0.5) is 0 Å². The van der Waals surface area contributed by atoms with Gasteiger partial charge in [-0.1, -0.05) is 11.6 Å². The molecule has 2 N–H and O–H groups in total. The molecule has 1 aliphatic carbocycles. The zero-order valence-electron chi connectivity index (χ0n) is 13.4. The minimum absolute atomic E-state index is 0.125. The van der Waals surface area contributed by atoms with Gasteiger partial charge in [-0.3, -0.25) is 4.90 Å².